The van der Waals surface area contributed by atoms with Crippen molar-refractivity contribution in [2.75, 3.05) is 7.11 Å². The third-order valence-corrected chi connectivity index (χ3v) is 5.37. The monoisotopic (exact) mass is 402 g/mol. The van der Waals surface area contributed by atoms with Crippen LogP contribution in [0.5, 0.6) is 5.75 Å². The summed E-state index contributed by atoms with van der Waals surface area (Å²) in [6, 6.07) is 18.4. The Morgan fingerprint density at radius 2 is 1.90 bits per heavy atom. The molecule has 154 valence electrons. The highest BCUT2D eigenvalue weighted by Gasteiger charge is 2.15. The summed E-state index contributed by atoms with van der Waals surface area (Å²) in [5.74, 6) is 1.41. The molecule has 4 rings (SSSR count). The predicted octanol–water partition coefficient (Wildman–Crippen LogP) is 4.30. The maximum Gasteiger partial charge on any atom is 0.262 e. The van der Waals surface area contributed by atoms with Gasteiger partial charge in [-0.15, -0.1) is 0 Å². The van der Waals surface area contributed by atoms with Crippen LogP contribution in [0.25, 0.3) is 11.0 Å². The first-order valence-electron chi connectivity index (χ1n) is 10.3. The van der Waals surface area contributed by atoms with Crippen LogP contribution in [-0.2, 0) is 12.8 Å². The van der Waals surface area contributed by atoms with Crippen LogP contribution in [0.4, 0.5) is 0 Å². The summed E-state index contributed by atoms with van der Waals surface area (Å²) < 4.78 is 7.17. The van der Waals surface area contributed by atoms with Gasteiger partial charge < -0.3 is 9.72 Å². The fourth-order valence-electron chi connectivity index (χ4n) is 3.73. The molecular weight excluding hydrogens is 376 g/mol. The Balaban J connectivity index is 1.53. The normalized spacial score (nSPS) is 12.2. The zero-order valence-corrected chi connectivity index (χ0v) is 17.3. The summed E-state index contributed by atoms with van der Waals surface area (Å²) >= 11 is 0. The van der Waals surface area contributed by atoms with E-state index >= 15 is 0 Å². The first-order chi connectivity index (χ1) is 14.6. The molecule has 0 amide bonds. The summed E-state index contributed by atoms with van der Waals surface area (Å²) in [5, 5.41) is 5.00. The first kappa shape index (κ1) is 19.9. The van der Waals surface area contributed by atoms with Gasteiger partial charge in [0.2, 0.25) is 0 Å². The molecule has 0 spiro atoms. The molecule has 0 fully saturated rings. The van der Waals surface area contributed by atoms with Crippen molar-refractivity contribution in [2.45, 2.75) is 38.6 Å². The van der Waals surface area contributed by atoms with Crippen LogP contribution in [-0.4, -0.2) is 26.9 Å². The Hall–Kier alpha value is -3.41. The fourth-order valence-corrected chi connectivity index (χ4v) is 3.73. The molecule has 30 heavy (non-hydrogen) atoms. The smallest absolute Gasteiger partial charge is 0.262 e. The van der Waals surface area contributed by atoms with E-state index in [1.165, 1.54) is 5.56 Å². The Morgan fingerprint density at radius 1 is 1.10 bits per heavy atom. The van der Waals surface area contributed by atoms with Gasteiger partial charge in [-0.25, -0.2) is 9.67 Å². The fraction of sp³-hybridized carbons (Fsp3) is 0.292. The number of nitrogens with one attached hydrogen (secondary N) is 1. The molecular formula is C24H26N4O2. The van der Waals surface area contributed by atoms with Crippen molar-refractivity contribution in [1.82, 2.24) is 19.7 Å². The van der Waals surface area contributed by atoms with Gasteiger partial charge >= 0.3 is 0 Å². The third kappa shape index (κ3) is 4.43. The van der Waals surface area contributed by atoms with Crippen LogP contribution < -0.4 is 10.3 Å². The van der Waals surface area contributed by atoms with Crippen molar-refractivity contribution < 1.29 is 4.74 Å². The molecule has 0 saturated heterocycles. The number of methoxy groups -OCH3 is 1. The minimum atomic E-state index is -0.152. The number of rotatable bonds is 8. The molecule has 2 aromatic carbocycles. The van der Waals surface area contributed by atoms with Crippen molar-refractivity contribution in [2.24, 2.45) is 0 Å². The topological polar surface area (TPSA) is 72.8 Å². The maximum atomic E-state index is 12.6. The minimum absolute atomic E-state index is 0.152. The van der Waals surface area contributed by atoms with E-state index in [2.05, 4.69) is 41.3 Å². The molecule has 0 bridgehead atoms. The lowest BCUT2D eigenvalue weighted by Gasteiger charge is -2.13. The highest BCUT2D eigenvalue weighted by Crippen LogP contribution is 2.20. The number of H-pyrrole nitrogens is 1. The number of aromatic amines is 1. The molecule has 6 heteroatoms. The van der Waals surface area contributed by atoms with E-state index < -0.39 is 0 Å². The molecule has 2 heterocycles. The van der Waals surface area contributed by atoms with Crippen LogP contribution in [0, 0.1) is 0 Å². The van der Waals surface area contributed by atoms with E-state index in [4.69, 9.17) is 9.72 Å². The SMILES string of the molecule is COc1cccc(Cc2nc3c(cnn3C(C)CCCc3ccccc3)c(=O)[nH]2)c1. The van der Waals surface area contributed by atoms with Crippen LogP contribution in [0.1, 0.15) is 42.8 Å². The summed E-state index contributed by atoms with van der Waals surface area (Å²) in [6.45, 7) is 2.13. The van der Waals surface area contributed by atoms with Crippen molar-refractivity contribution in [3.8, 4) is 5.75 Å². The molecule has 1 atom stereocenters. The summed E-state index contributed by atoms with van der Waals surface area (Å²) in [5.41, 5.74) is 2.86. The Morgan fingerprint density at radius 3 is 2.70 bits per heavy atom. The van der Waals surface area contributed by atoms with Crippen LogP contribution >= 0.6 is 0 Å². The molecule has 4 aromatic rings. The number of aromatic nitrogens is 4. The van der Waals surface area contributed by atoms with Crippen LogP contribution in [0.2, 0.25) is 0 Å². The average molecular weight is 402 g/mol. The van der Waals surface area contributed by atoms with Crippen molar-refractivity contribution >= 4 is 11.0 Å². The zero-order valence-electron chi connectivity index (χ0n) is 17.3. The minimum Gasteiger partial charge on any atom is -0.497 e. The summed E-state index contributed by atoms with van der Waals surface area (Å²) in [6.07, 6.45) is 5.18. The van der Waals surface area contributed by atoms with E-state index in [9.17, 15) is 4.79 Å². The van der Waals surface area contributed by atoms with Crippen molar-refractivity contribution in [3.63, 3.8) is 0 Å². The molecule has 0 aliphatic rings. The van der Waals surface area contributed by atoms with E-state index in [1.54, 1.807) is 13.3 Å². The predicted molar refractivity (Wildman–Crippen MR) is 118 cm³/mol. The number of aryl methyl sites for hydroxylation is 1. The molecule has 6 nitrogen and oxygen atoms in total. The molecule has 0 radical (unpaired) electrons. The van der Waals surface area contributed by atoms with Gasteiger partial charge in [0, 0.05) is 6.42 Å². The lowest BCUT2D eigenvalue weighted by molar-refractivity contribution is 0.414. The molecule has 0 saturated carbocycles. The Bertz CT molecular complexity index is 1180. The van der Waals surface area contributed by atoms with E-state index in [1.807, 2.05) is 35.0 Å². The van der Waals surface area contributed by atoms with Crippen molar-refractivity contribution in [1.29, 1.82) is 0 Å². The number of ether oxygens (including phenoxy) is 1. The van der Waals surface area contributed by atoms with Gasteiger partial charge in [-0.2, -0.15) is 5.10 Å². The van der Waals surface area contributed by atoms with Crippen LogP contribution in [0.3, 0.4) is 0 Å². The standard InChI is InChI=1S/C24H26N4O2/c1-17(8-6-11-18-9-4-3-5-10-18)28-23-21(16-25-28)24(29)27-22(26-23)15-19-12-7-13-20(14-19)30-2/h3-5,7,9-10,12-14,16-17H,6,8,11,15H2,1-2H3,(H,26,27,29). The number of nitrogens with zero attached hydrogens (tertiary/aromatic N) is 3. The maximum absolute atomic E-state index is 12.6. The van der Waals surface area contributed by atoms with Crippen LogP contribution in [0.15, 0.2) is 65.6 Å². The quantitative estimate of drug-likeness (QED) is 0.477. The second-order valence-electron chi connectivity index (χ2n) is 7.59. The molecule has 0 aliphatic heterocycles. The number of fused-ring (bicyclic) bond motifs is 1. The highest BCUT2D eigenvalue weighted by molar-refractivity contribution is 5.73. The lowest BCUT2D eigenvalue weighted by atomic mass is 10.1. The first-order valence-corrected chi connectivity index (χ1v) is 10.3. The van der Waals surface area contributed by atoms with E-state index in [0.29, 0.717) is 23.3 Å². The lowest BCUT2D eigenvalue weighted by Crippen LogP contribution is -2.14. The molecule has 0 aliphatic carbocycles. The summed E-state index contributed by atoms with van der Waals surface area (Å²) in [7, 11) is 1.64. The molecule has 1 unspecified atom stereocenters. The van der Waals surface area contributed by atoms with Gasteiger partial charge in [-0.05, 0) is 49.4 Å². The van der Waals surface area contributed by atoms with Gasteiger partial charge in [0.15, 0.2) is 5.65 Å². The Kier molecular flexibility index (Phi) is 5.93. The van der Waals surface area contributed by atoms with Gasteiger partial charge in [0.05, 0.1) is 19.3 Å². The van der Waals surface area contributed by atoms with E-state index in [0.717, 1.165) is 30.6 Å². The van der Waals surface area contributed by atoms with Gasteiger partial charge in [-0.3, -0.25) is 4.79 Å². The third-order valence-electron chi connectivity index (χ3n) is 5.37. The highest BCUT2D eigenvalue weighted by atomic mass is 16.5. The van der Waals surface area contributed by atoms with Gasteiger partial charge in [0.25, 0.3) is 5.56 Å². The largest absolute Gasteiger partial charge is 0.497 e. The Labute approximate surface area is 175 Å². The second-order valence-corrected chi connectivity index (χ2v) is 7.59. The van der Waals surface area contributed by atoms with Crippen molar-refractivity contribution in [3.05, 3.63) is 88.1 Å². The number of hydrogen-bond donors (Lipinski definition) is 1. The average Bonchev–Trinajstić information content (AvgIpc) is 3.19. The van der Waals surface area contributed by atoms with Gasteiger partial charge in [0.1, 0.15) is 17.0 Å². The second kappa shape index (κ2) is 8.95. The van der Waals surface area contributed by atoms with E-state index in [-0.39, 0.29) is 11.6 Å². The van der Waals surface area contributed by atoms with Gasteiger partial charge in [-0.1, -0.05) is 42.5 Å². The zero-order chi connectivity index (χ0) is 20.9. The molecule has 2 aromatic heterocycles. The number of hydrogen-bond acceptors (Lipinski definition) is 4. The summed E-state index contributed by atoms with van der Waals surface area (Å²) in [4.78, 5) is 20.2. The molecule has 1 N–H and O–H groups in total. The number of benzene rings is 2.